The summed E-state index contributed by atoms with van der Waals surface area (Å²) in [6.45, 7) is 15.7. The summed E-state index contributed by atoms with van der Waals surface area (Å²) in [6, 6.07) is 12.0. The van der Waals surface area contributed by atoms with Gasteiger partial charge in [-0.2, -0.15) is 4.57 Å². The summed E-state index contributed by atoms with van der Waals surface area (Å²) in [7, 11) is 0.669. The lowest BCUT2D eigenvalue weighted by Gasteiger charge is -2.18. The standard InChI is InChI=1S/C23H30NSi/c1-15-11-16(2)18(4)22(12-15)23-21-10-9-20(25(6,7)8)14-19(21)13-17(3)24(23)5/h9-14H,1-8H3/q+1/i13D. The van der Waals surface area contributed by atoms with E-state index in [0.29, 0.717) is 6.04 Å². The number of aromatic nitrogens is 1. The third kappa shape index (κ3) is 3.16. The monoisotopic (exact) mass is 349 g/mol. The molecule has 0 aliphatic rings. The van der Waals surface area contributed by atoms with Crippen LogP contribution in [0.25, 0.3) is 22.0 Å². The Morgan fingerprint density at radius 2 is 1.64 bits per heavy atom. The molecule has 3 rings (SSSR count). The Balaban J connectivity index is 2.47. The predicted molar refractivity (Wildman–Crippen MR) is 112 cm³/mol. The Kier molecular flexibility index (Phi) is 4.03. The largest absolute Gasteiger partial charge is 0.220 e. The van der Waals surface area contributed by atoms with Gasteiger partial charge in [0.15, 0.2) is 5.69 Å². The third-order valence-corrected chi connectivity index (χ3v) is 7.40. The second-order valence-electron chi connectivity index (χ2n) is 8.38. The molecule has 0 bridgehead atoms. The third-order valence-electron chi connectivity index (χ3n) is 5.36. The van der Waals surface area contributed by atoms with E-state index in [1.807, 2.05) is 0 Å². The summed E-state index contributed by atoms with van der Waals surface area (Å²) in [5.41, 5.74) is 7.43. The predicted octanol–water partition coefficient (Wildman–Crippen LogP) is 5.11. The van der Waals surface area contributed by atoms with Gasteiger partial charge in [-0.05, 0) is 49.4 Å². The lowest BCUT2D eigenvalue weighted by molar-refractivity contribution is -0.665. The Morgan fingerprint density at radius 1 is 0.960 bits per heavy atom. The molecule has 0 radical (unpaired) electrons. The van der Waals surface area contributed by atoms with Crippen LogP contribution >= 0.6 is 0 Å². The van der Waals surface area contributed by atoms with Crippen molar-refractivity contribution in [1.29, 1.82) is 0 Å². The first kappa shape index (κ1) is 16.5. The highest BCUT2D eigenvalue weighted by Gasteiger charge is 2.23. The first-order valence-electron chi connectivity index (χ1n) is 9.54. The Labute approximate surface area is 154 Å². The van der Waals surface area contributed by atoms with Gasteiger partial charge in [0.2, 0.25) is 5.69 Å². The van der Waals surface area contributed by atoms with Crippen molar-refractivity contribution in [3.8, 4) is 11.3 Å². The number of benzene rings is 2. The van der Waals surface area contributed by atoms with Gasteiger partial charge in [-0.1, -0.05) is 48.6 Å². The summed E-state index contributed by atoms with van der Waals surface area (Å²) < 4.78 is 10.9. The van der Waals surface area contributed by atoms with E-state index in [1.54, 1.807) is 0 Å². The maximum Gasteiger partial charge on any atom is 0.220 e. The number of pyridine rings is 1. The average Bonchev–Trinajstić information content (AvgIpc) is 2.56. The summed E-state index contributed by atoms with van der Waals surface area (Å²) in [4.78, 5) is 0. The van der Waals surface area contributed by atoms with Crippen LogP contribution in [-0.2, 0) is 7.05 Å². The van der Waals surface area contributed by atoms with E-state index in [9.17, 15) is 0 Å². The van der Waals surface area contributed by atoms with Crippen LogP contribution in [0.5, 0.6) is 0 Å². The topological polar surface area (TPSA) is 3.88 Å². The number of hydrogen-bond acceptors (Lipinski definition) is 0. The summed E-state index contributed by atoms with van der Waals surface area (Å²) in [6.07, 6.45) is 0. The Bertz CT molecular complexity index is 1030. The van der Waals surface area contributed by atoms with E-state index in [0.717, 1.165) is 11.1 Å². The second kappa shape index (κ2) is 6.10. The van der Waals surface area contributed by atoms with Crippen LogP contribution in [0.2, 0.25) is 19.6 Å². The molecular formula is C23H30NSi+. The van der Waals surface area contributed by atoms with E-state index in [4.69, 9.17) is 1.37 Å². The minimum absolute atomic E-state index is 0.647. The molecular weight excluding hydrogens is 318 g/mol. The molecule has 0 spiro atoms. The summed E-state index contributed by atoms with van der Waals surface area (Å²) in [5, 5.41) is 3.67. The fourth-order valence-electron chi connectivity index (χ4n) is 3.56. The molecule has 0 atom stereocenters. The lowest BCUT2D eigenvalue weighted by Crippen LogP contribution is -2.38. The molecule has 130 valence electrons. The van der Waals surface area contributed by atoms with E-state index < -0.39 is 8.07 Å². The smallest absolute Gasteiger partial charge is 0.198 e. The van der Waals surface area contributed by atoms with Gasteiger partial charge < -0.3 is 0 Å². The van der Waals surface area contributed by atoms with Gasteiger partial charge in [-0.15, -0.1) is 0 Å². The highest BCUT2D eigenvalue weighted by atomic mass is 28.3. The van der Waals surface area contributed by atoms with Crippen molar-refractivity contribution in [2.24, 2.45) is 7.05 Å². The molecule has 0 aliphatic heterocycles. The van der Waals surface area contributed by atoms with Crippen LogP contribution in [0.3, 0.4) is 0 Å². The highest BCUT2D eigenvalue weighted by Crippen LogP contribution is 2.31. The molecule has 25 heavy (non-hydrogen) atoms. The number of nitrogens with zero attached hydrogens (tertiary/aromatic N) is 1. The van der Waals surface area contributed by atoms with Gasteiger partial charge in [0, 0.05) is 13.0 Å². The minimum Gasteiger partial charge on any atom is -0.198 e. The molecule has 0 unspecified atom stereocenters. The molecule has 0 saturated carbocycles. The van der Waals surface area contributed by atoms with Gasteiger partial charge in [0.25, 0.3) is 0 Å². The molecule has 0 amide bonds. The van der Waals surface area contributed by atoms with Crippen LogP contribution in [0.4, 0.5) is 0 Å². The van der Waals surface area contributed by atoms with Gasteiger partial charge >= 0.3 is 0 Å². The zero-order valence-corrected chi connectivity index (χ0v) is 17.8. The molecule has 2 heteroatoms. The molecule has 2 aromatic carbocycles. The van der Waals surface area contributed by atoms with Crippen LogP contribution < -0.4 is 9.75 Å². The molecule has 3 aromatic rings. The van der Waals surface area contributed by atoms with Crippen molar-refractivity contribution in [3.05, 3.63) is 58.8 Å². The van der Waals surface area contributed by atoms with E-state index in [1.165, 1.54) is 38.5 Å². The maximum atomic E-state index is 8.72. The minimum atomic E-state index is -1.42. The summed E-state index contributed by atoms with van der Waals surface area (Å²) in [5.74, 6) is 0. The van der Waals surface area contributed by atoms with Crippen molar-refractivity contribution in [3.63, 3.8) is 0 Å². The molecule has 0 aliphatic carbocycles. The van der Waals surface area contributed by atoms with Gasteiger partial charge in [-0.3, -0.25) is 0 Å². The molecule has 0 N–H and O–H groups in total. The lowest BCUT2D eigenvalue weighted by atomic mass is 9.94. The highest BCUT2D eigenvalue weighted by molar-refractivity contribution is 6.88. The van der Waals surface area contributed by atoms with Crippen LogP contribution in [0.1, 0.15) is 23.8 Å². The fraction of sp³-hybridized carbons (Fsp3) is 0.348. The van der Waals surface area contributed by atoms with E-state index >= 15 is 0 Å². The van der Waals surface area contributed by atoms with Crippen LogP contribution in [0, 0.1) is 27.7 Å². The molecule has 1 nitrogen and oxygen atoms in total. The van der Waals surface area contributed by atoms with Crippen molar-refractivity contribution in [1.82, 2.24) is 0 Å². The van der Waals surface area contributed by atoms with Crippen LogP contribution in [-0.4, -0.2) is 8.07 Å². The molecule has 0 saturated heterocycles. The SMILES string of the molecule is [2H]c1c(C)[n+](C)c(-c2cc(C)cc(C)c2C)c2ccc([Si](C)(C)C)cc12. The van der Waals surface area contributed by atoms with Crippen molar-refractivity contribution >= 4 is 24.0 Å². The molecule has 0 fully saturated rings. The Hall–Kier alpha value is -1.93. The molecule has 1 heterocycles. The summed E-state index contributed by atoms with van der Waals surface area (Å²) >= 11 is 0. The first-order chi connectivity index (χ1) is 12.0. The first-order valence-corrected chi connectivity index (χ1v) is 12.5. The van der Waals surface area contributed by atoms with E-state index in [2.05, 4.69) is 89.3 Å². The maximum absolute atomic E-state index is 8.72. The normalized spacial score (nSPS) is 12.6. The number of hydrogen-bond donors (Lipinski definition) is 0. The quantitative estimate of drug-likeness (QED) is 0.447. The number of aryl methyl sites for hydroxylation is 2. The van der Waals surface area contributed by atoms with Crippen molar-refractivity contribution in [2.45, 2.75) is 47.3 Å². The second-order valence-corrected chi connectivity index (χ2v) is 13.5. The number of fused-ring (bicyclic) bond motifs is 1. The van der Waals surface area contributed by atoms with Gasteiger partial charge in [0.05, 0.1) is 20.4 Å². The van der Waals surface area contributed by atoms with E-state index in [-0.39, 0.29) is 0 Å². The number of rotatable bonds is 2. The molecule has 1 aromatic heterocycles. The zero-order chi connectivity index (χ0) is 19.4. The zero-order valence-electron chi connectivity index (χ0n) is 17.8. The van der Waals surface area contributed by atoms with Gasteiger partial charge in [-0.25, -0.2) is 0 Å². The fourth-order valence-corrected chi connectivity index (χ4v) is 4.72. The van der Waals surface area contributed by atoms with Crippen molar-refractivity contribution < 1.29 is 5.94 Å². The van der Waals surface area contributed by atoms with Gasteiger partial charge in [0.1, 0.15) is 7.05 Å². The Morgan fingerprint density at radius 3 is 2.28 bits per heavy atom. The van der Waals surface area contributed by atoms with Crippen LogP contribution in [0.15, 0.2) is 36.4 Å². The average molecular weight is 350 g/mol. The van der Waals surface area contributed by atoms with Crippen molar-refractivity contribution in [2.75, 3.05) is 0 Å².